The molecule has 0 unspecified atom stereocenters. The zero-order chi connectivity index (χ0) is 28.8. The Balaban J connectivity index is 1.33. The van der Waals surface area contributed by atoms with Crippen molar-refractivity contribution in [3.8, 4) is 0 Å². The Morgan fingerprint density at radius 3 is 2.61 bits per heavy atom. The number of benzene rings is 1. The molecule has 1 amide bonds. The Morgan fingerprint density at radius 2 is 1.90 bits per heavy atom. The lowest BCUT2D eigenvalue weighted by Crippen LogP contribution is -2.41. The van der Waals surface area contributed by atoms with E-state index in [-0.39, 0.29) is 30.1 Å². The minimum atomic E-state index is -3.84. The van der Waals surface area contributed by atoms with Gasteiger partial charge in [-0.2, -0.15) is 0 Å². The van der Waals surface area contributed by atoms with Gasteiger partial charge in [0, 0.05) is 51.4 Å². The number of ether oxygens (including phenoxy) is 1. The van der Waals surface area contributed by atoms with Crippen molar-refractivity contribution in [1.82, 2.24) is 14.3 Å². The SMILES string of the molecule is C[C@H]1CN(c2nc(NC(=O)c3ccc(S(=O)(=O)NCCO)cc3N3CCC4(CC3)CC4)cc3ccn(C)c23)CCO1. The number of nitrogens with zero attached hydrogens (tertiary/aromatic N) is 4. The molecule has 2 aromatic heterocycles. The van der Waals surface area contributed by atoms with Gasteiger partial charge < -0.3 is 29.5 Å². The molecule has 6 rings (SSSR count). The van der Waals surface area contributed by atoms with Crippen LogP contribution in [-0.4, -0.2) is 81.0 Å². The number of fused-ring (bicyclic) bond motifs is 1. The summed E-state index contributed by atoms with van der Waals surface area (Å²) in [6, 6.07) is 8.47. The molecule has 3 aromatic rings. The molecular formula is C29H38N6O5S. The molecule has 4 heterocycles. The van der Waals surface area contributed by atoms with Crippen LogP contribution in [0.3, 0.4) is 0 Å². The van der Waals surface area contributed by atoms with Gasteiger partial charge in [0.1, 0.15) is 5.82 Å². The third-order valence-corrected chi connectivity index (χ3v) is 10.1. The summed E-state index contributed by atoms with van der Waals surface area (Å²) in [5.41, 5.74) is 2.40. The number of morpholine rings is 1. The summed E-state index contributed by atoms with van der Waals surface area (Å²) in [7, 11) is -1.86. The summed E-state index contributed by atoms with van der Waals surface area (Å²) in [5.74, 6) is 0.886. The van der Waals surface area contributed by atoms with Gasteiger partial charge in [-0.25, -0.2) is 18.1 Å². The zero-order valence-electron chi connectivity index (χ0n) is 23.6. The average Bonchev–Trinajstić information content (AvgIpc) is 3.62. The van der Waals surface area contributed by atoms with Gasteiger partial charge in [-0.3, -0.25) is 4.79 Å². The number of aryl methyl sites for hydroxylation is 1. The molecule has 3 fully saturated rings. The van der Waals surface area contributed by atoms with Crippen LogP contribution in [0.4, 0.5) is 17.3 Å². The van der Waals surface area contributed by atoms with Crippen molar-refractivity contribution < 1.29 is 23.1 Å². The van der Waals surface area contributed by atoms with E-state index < -0.39 is 10.0 Å². The van der Waals surface area contributed by atoms with Gasteiger partial charge in [-0.05, 0) is 68.4 Å². The van der Waals surface area contributed by atoms with E-state index >= 15 is 0 Å². The Kier molecular flexibility index (Phi) is 7.43. The van der Waals surface area contributed by atoms with Gasteiger partial charge in [0.25, 0.3) is 5.91 Å². The molecule has 2 saturated heterocycles. The van der Waals surface area contributed by atoms with Crippen LogP contribution in [-0.2, 0) is 21.8 Å². The second-order valence-corrected chi connectivity index (χ2v) is 13.3. The molecule has 1 atom stereocenters. The van der Waals surface area contributed by atoms with E-state index in [1.165, 1.54) is 18.9 Å². The number of sulfonamides is 1. The van der Waals surface area contributed by atoms with Crippen LogP contribution in [0.5, 0.6) is 0 Å². The van der Waals surface area contributed by atoms with Crippen molar-refractivity contribution in [2.75, 3.05) is 61.1 Å². The number of aliphatic hydroxyl groups is 1. The number of carbonyl (C=O) groups excluding carboxylic acids is 1. The quantitative estimate of drug-likeness (QED) is 0.370. The summed E-state index contributed by atoms with van der Waals surface area (Å²) < 4.78 is 35.9. The van der Waals surface area contributed by atoms with Crippen molar-refractivity contribution in [3.63, 3.8) is 0 Å². The summed E-state index contributed by atoms with van der Waals surface area (Å²) in [4.78, 5) is 23.1. The van der Waals surface area contributed by atoms with Crippen molar-refractivity contribution in [2.24, 2.45) is 12.5 Å². The molecule has 220 valence electrons. The smallest absolute Gasteiger partial charge is 0.258 e. The molecule has 1 aliphatic carbocycles. The number of carbonyl (C=O) groups is 1. The Labute approximate surface area is 240 Å². The monoisotopic (exact) mass is 582 g/mol. The van der Waals surface area contributed by atoms with Gasteiger partial charge in [0.15, 0.2) is 5.82 Å². The number of aromatic nitrogens is 2. The Bertz CT molecular complexity index is 1560. The molecular weight excluding hydrogens is 544 g/mol. The summed E-state index contributed by atoms with van der Waals surface area (Å²) in [5, 5.41) is 13.1. The van der Waals surface area contributed by atoms with Crippen molar-refractivity contribution in [1.29, 1.82) is 0 Å². The van der Waals surface area contributed by atoms with E-state index in [4.69, 9.17) is 14.8 Å². The van der Waals surface area contributed by atoms with Crippen molar-refractivity contribution >= 4 is 44.2 Å². The Hall–Kier alpha value is -3.19. The number of hydrogen-bond donors (Lipinski definition) is 3. The van der Waals surface area contributed by atoms with Gasteiger partial charge in [-0.1, -0.05) is 0 Å². The largest absolute Gasteiger partial charge is 0.395 e. The van der Waals surface area contributed by atoms with Gasteiger partial charge in [0.05, 0.1) is 41.0 Å². The highest BCUT2D eigenvalue weighted by atomic mass is 32.2. The van der Waals surface area contributed by atoms with E-state index in [9.17, 15) is 13.2 Å². The topological polar surface area (TPSA) is 129 Å². The van der Waals surface area contributed by atoms with Crippen LogP contribution in [0.2, 0.25) is 0 Å². The molecule has 11 nitrogen and oxygen atoms in total. The molecule has 1 saturated carbocycles. The van der Waals surface area contributed by atoms with Gasteiger partial charge in [0.2, 0.25) is 10.0 Å². The number of hydrogen-bond acceptors (Lipinski definition) is 8. The number of nitrogens with one attached hydrogen (secondary N) is 2. The number of rotatable bonds is 8. The predicted molar refractivity (Wildman–Crippen MR) is 158 cm³/mol. The fraction of sp³-hybridized carbons (Fsp3) is 0.517. The summed E-state index contributed by atoms with van der Waals surface area (Å²) in [6.45, 7) is 5.20. The molecule has 0 bridgehead atoms. The summed E-state index contributed by atoms with van der Waals surface area (Å²) in [6.07, 6.45) is 6.60. The van der Waals surface area contributed by atoms with E-state index in [1.807, 2.05) is 36.9 Å². The lowest BCUT2D eigenvalue weighted by molar-refractivity contribution is 0.0530. The standard InChI is InChI=1S/C29H38N6O5S/c1-20-19-35(14-16-40-20)27-26-21(5-11-33(26)2)17-25(31-27)32-28(37)23-4-3-22(41(38,39)30-10-15-36)18-24(23)34-12-8-29(6-7-29)9-13-34/h3-5,11,17-18,20,30,36H,6-10,12-16,19H2,1-2H3,(H,31,32,37)/t20-/m0/s1. The molecule has 12 heteroatoms. The molecule has 1 aromatic carbocycles. The number of anilines is 3. The maximum atomic E-state index is 13.8. The maximum Gasteiger partial charge on any atom is 0.258 e. The molecule has 1 spiro atoms. The first-order valence-corrected chi connectivity index (χ1v) is 15.8. The van der Waals surface area contributed by atoms with E-state index in [0.29, 0.717) is 42.2 Å². The zero-order valence-corrected chi connectivity index (χ0v) is 24.4. The first-order valence-electron chi connectivity index (χ1n) is 14.3. The first-order chi connectivity index (χ1) is 19.7. The van der Waals surface area contributed by atoms with Crippen molar-refractivity contribution in [2.45, 2.75) is 43.6 Å². The van der Waals surface area contributed by atoms with E-state index in [0.717, 1.165) is 42.7 Å². The van der Waals surface area contributed by atoms with Crippen LogP contribution in [0.25, 0.3) is 10.9 Å². The van der Waals surface area contributed by atoms with Crippen LogP contribution < -0.4 is 19.8 Å². The maximum absolute atomic E-state index is 13.8. The van der Waals surface area contributed by atoms with Gasteiger partial charge in [-0.15, -0.1) is 0 Å². The minimum Gasteiger partial charge on any atom is -0.395 e. The molecule has 3 aliphatic rings. The van der Waals surface area contributed by atoms with Crippen LogP contribution >= 0.6 is 0 Å². The highest BCUT2D eigenvalue weighted by Crippen LogP contribution is 2.54. The lowest BCUT2D eigenvalue weighted by atomic mass is 9.93. The second kappa shape index (κ2) is 10.9. The molecule has 41 heavy (non-hydrogen) atoms. The second-order valence-electron chi connectivity index (χ2n) is 11.6. The van der Waals surface area contributed by atoms with Crippen LogP contribution in [0, 0.1) is 5.41 Å². The fourth-order valence-corrected chi connectivity index (χ4v) is 7.11. The third-order valence-electron chi connectivity index (χ3n) is 8.67. The normalized spacial score (nSPS) is 20.5. The van der Waals surface area contributed by atoms with Crippen LogP contribution in [0.1, 0.15) is 43.0 Å². The number of piperidine rings is 1. The highest BCUT2D eigenvalue weighted by Gasteiger charge is 2.44. The average molecular weight is 583 g/mol. The first kappa shape index (κ1) is 28.0. The minimum absolute atomic E-state index is 0.0664. The number of amides is 1. The molecule has 3 N–H and O–H groups in total. The Morgan fingerprint density at radius 1 is 1.12 bits per heavy atom. The van der Waals surface area contributed by atoms with Crippen molar-refractivity contribution in [3.05, 3.63) is 42.1 Å². The summed E-state index contributed by atoms with van der Waals surface area (Å²) >= 11 is 0. The number of pyridine rings is 1. The van der Waals surface area contributed by atoms with E-state index in [2.05, 4.69) is 19.8 Å². The van der Waals surface area contributed by atoms with Gasteiger partial charge >= 0.3 is 0 Å². The predicted octanol–water partition coefficient (Wildman–Crippen LogP) is 2.70. The molecule has 2 aliphatic heterocycles. The molecule has 0 radical (unpaired) electrons. The fourth-order valence-electron chi connectivity index (χ4n) is 6.07. The van der Waals surface area contributed by atoms with Crippen LogP contribution in [0.15, 0.2) is 41.4 Å². The third kappa shape index (κ3) is 5.66. The van der Waals surface area contributed by atoms with E-state index in [1.54, 1.807) is 12.1 Å². The lowest BCUT2D eigenvalue weighted by Gasteiger charge is -2.35. The highest BCUT2D eigenvalue weighted by molar-refractivity contribution is 7.89. The number of aliphatic hydroxyl groups excluding tert-OH is 1.